The lowest BCUT2D eigenvalue weighted by atomic mass is 10.5. The zero-order valence-corrected chi connectivity index (χ0v) is 4.63. The molecule has 1 unspecified atom stereocenters. The van der Waals surface area contributed by atoms with Crippen molar-refractivity contribution in [1.29, 1.82) is 0 Å². The number of rotatable bonds is 2. The highest BCUT2D eigenvalue weighted by Gasteiger charge is 1.70. The zero-order chi connectivity index (χ0) is 4.83. The molecule has 0 bridgehead atoms. The summed E-state index contributed by atoms with van der Waals surface area (Å²) in [4.78, 5) is 0. The molecule has 0 saturated carbocycles. The minimum atomic E-state index is 0.640. The fourth-order valence-corrected chi connectivity index (χ4v) is 0.236. The molecule has 0 aromatic rings. The molecule has 0 N–H and O–H groups in total. The van der Waals surface area contributed by atoms with Crippen molar-refractivity contribution in [2.75, 3.05) is 6.61 Å². The van der Waals surface area contributed by atoms with E-state index in [1.807, 2.05) is 0 Å². The summed E-state index contributed by atoms with van der Waals surface area (Å²) in [5.74, 6) is 2.43. The summed E-state index contributed by atoms with van der Waals surface area (Å²) < 4.78 is 4.56. The molecule has 0 aromatic heterocycles. The van der Waals surface area contributed by atoms with E-state index in [9.17, 15) is 0 Å². The number of terminal acetylenes is 1. The third-order valence-corrected chi connectivity index (χ3v) is 0.600. The van der Waals surface area contributed by atoms with E-state index < -0.39 is 0 Å². The van der Waals surface area contributed by atoms with E-state index in [1.165, 1.54) is 0 Å². The van der Waals surface area contributed by atoms with Crippen molar-refractivity contribution in [3.05, 3.63) is 0 Å². The van der Waals surface area contributed by atoms with Gasteiger partial charge in [-0.25, -0.2) is 0 Å². The SMILES string of the molecule is C#CCCOP. The third kappa shape index (κ3) is 3.95. The lowest BCUT2D eigenvalue weighted by Crippen LogP contribution is -1.76. The summed E-state index contributed by atoms with van der Waals surface area (Å²) in [5, 5.41) is 0. The van der Waals surface area contributed by atoms with Crippen molar-refractivity contribution in [3.8, 4) is 12.3 Å². The molecule has 0 fully saturated rings. The summed E-state index contributed by atoms with van der Waals surface area (Å²) in [7, 11) is 2.13. The second-order valence-electron chi connectivity index (χ2n) is 0.825. The monoisotopic (exact) mass is 102 g/mol. The molecule has 0 radical (unpaired) electrons. The Labute approximate surface area is 40.4 Å². The van der Waals surface area contributed by atoms with Gasteiger partial charge in [0.05, 0.1) is 6.61 Å². The molecule has 0 heterocycles. The van der Waals surface area contributed by atoms with E-state index >= 15 is 0 Å². The Balaban J connectivity index is 2.54. The van der Waals surface area contributed by atoms with Gasteiger partial charge in [-0.1, -0.05) is 0 Å². The van der Waals surface area contributed by atoms with E-state index in [-0.39, 0.29) is 0 Å². The van der Waals surface area contributed by atoms with Crippen LogP contribution in [0.4, 0.5) is 0 Å². The van der Waals surface area contributed by atoms with E-state index in [0.717, 1.165) is 0 Å². The van der Waals surface area contributed by atoms with Gasteiger partial charge in [-0.05, 0) is 0 Å². The summed E-state index contributed by atoms with van der Waals surface area (Å²) >= 11 is 0. The van der Waals surface area contributed by atoms with Crippen molar-refractivity contribution in [1.82, 2.24) is 0 Å². The van der Waals surface area contributed by atoms with Gasteiger partial charge in [0, 0.05) is 15.9 Å². The van der Waals surface area contributed by atoms with Crippen LogP contribution in [0.25, 0.3) is 0 Å². The lowest BCUT2D eigenvalue weighted by Gasteiger charge is -1.84. The Morgan fingerprint density at radius 3 is 2.67 bits per heavy atom. The molecular formula is C4H7OP. The fourth-order valence-electron chi connectivity index (χ4n) is 0.118. The quantitative estimate of drug-likeness (QED) is 0.285. The van der Waals surface area contributed by atoms with Crippen LogP contribution in [0.2, 0.25) is 0 Å². The van der Waals surface area contributed by atoms with Gasteiger partial charge in [0.2, 0.25) is 0 Å². The van der Waals surface area contributed by atoms with Gasteiger partial charge in [-0.3, -0.25) is 0 Å². The Morgan fingerprint density at radius 2 is 2.50 bits per heavy atom. The molecule has 2 heteroatoms. The minimum Gasteiger partial charge on any atom is -0.365 e. The Hall–Kier alpha value is -0.0500. The fraction of sp³-hybridized carbons (Fsp3) is 0.500. The molecule has 0 aliphatic rings. The maximum atomic E-state index is 4.88. The molecule has 0 spiro atoms. The highest BCUT2D eigenvalue weighted by atomic mass is 31.0. The Bertz CT molecular complexity index is 55.1. The van der Waals surface area contributed by atoms with Crippen LogP contribution in [0, 0.1) is 12.3 Å². The molecule has 0 saturated heterocycles. The first-order valence-electron chi connectivity index (χ1n) is 1.67. The zero-order valence-electron chi connectivity index (χ0n) is 3.48. The molecule has 6 heavy (non-hydrogen) atoms. The van der Waals surface area contributed by atoms with Gasteiger partial charge in [0.15, 0.2) is 0 Å². The molecule has 0 rings (SSSR count). The van der Waals surface area contributed by atoms with Gasteiger partial charge in [0.25, 0.3) is 0 Å². The summed E-state index contributed by atoms with van der Waals surface area (Å²) in [6.07, 6.45) is 5.57. The van der Waals surface area contributed by atoms with Crippen molar-refractivity contribution in [3.63, 3.8) is 0 Å². The van der Waals surface area contributed by atoms with E-state index in [2.05, 4.69) is 19.9 Å². The highest BCUT2D eigenvalue weighted by Crippen LogP contribution is 1.84. The van der Waals surface area contributed by atoms with Crippen molar-refractivity contribution >= 4 is 9.47 Å². The van der Waals surface area contributed by atoms with E-state index in [0.29, 0.717) is 13.0 Å². The Kier molecular flexibility index (Phi) is 4.91. The normalized spacial score (nSPS) is 7.33. The van der Waals surface area contributed by atoms with Gasteiger partial charge in [-0.2, -0.15) is 0 Å². The maximum absolute atomic E-state index is 4.88. The van der Waals surface area contributed by atoms with Gasteiger partial charge >= 0.3 is 0 Å². The first-order chi connectivity index (χ1) is 2.91. The first kappa shape index (κ1) is 5.95. The summed E-state index contributed by atoms with van der Waals surface area (Å²) in [6.45, 7) is 0.640. The minimum absolute atomic E-state index is 0.640. The molecular weight excluding hydrogens is 95.0 g/mol. The predicted molar refractivity (Wildman–Crippen MR) is 29.1 cm³/mol. The van der Waals surface area contributed by atoms with Crippen LogP contribution in [-0.2, 0) is 4.52 Å². The molecule has 1 atom stereocenters. The number of hydrogen-bond acceptors (Lipinski definition) is 1. The van der Waals surface area contributed by atoms with Crippen LogP contribution >= 0.6 is 9.47 Å². The number of hydrogen-bond donors (Lipinski definition) is 0. The highest BCUT2D eigenvalue weighted by molar-refractivity contribution is 7.09. The first-order valence-corrected chi connectivity index (χ1v) is 2.14. The van der Waals surface area contributed by atoms with Crippen molar-refractivity contribution in [2.24, 2.45) is 0 Å². The van der Waals surface area contributed by atoms with Crippen LogP contribution in [0.5, 0.6) is 0 Å². The average Bonchev–Trinajstić information content (AvgIpc) is 1.61. The van der Waals surface area contributed by atoms with Crippen LogP contribution in [0.3, 0.4) is 0 Å². The largest absolute Gasteiger partial charge is 0.365 e. The smallest absolute Gasteiger partial charge is 0.0611 e. The van der Waals surface area contributed by atoms with Gasteiger partial charge in [0.1, 0.15) is 0 Å². The Morgan fingerprint density at radius 1 is 1.83 bits per heavy atom. The molecule has 34 valence electrons. The van der Waals surface area contributed by atoms with Gasteiger partial charge < -0.3 is 4.52 Å². The maximum Gasteiger partial charge on any atom is 0.0611 e. The van der Waals surface area contributed by atoms with Crippen LogP contribution in [-0.4, -0.2) is 6.61 Å². The van der Waals surface area contributed by atoms with Crippen molar-refractivity contribution < 1.29 is 4.52 Å². The molecule has 0 aromatic carbocycles. The standard InChI is InChI=1S/C4H7OP/c1-2-3-4-5-6/h1H,3-4,6H2. The van der Waals surface area contributed by atoms with E-state index in [1.54, 1.807) is 0 Å². The van der Waals surface area contributed by atoms with E-state index in [4.69, 9.17) is 6.42 Å². The molecule has 1 nitrogen and oxygen atoms in total. The van der Waals surface area contributed by atoms with Crippen molar-refractivity contribution in [2.45, 2.75) is 6.42 Å². The van der Waals surface area contributed by atoms with Crippen LogP contribution in [0.15, 0.2) is 0 Å². The third-order valence-electron chi connectivity index (χ3n) is 0.364. The molecule has 0 aliphatic carbocycles. The van der Waals surface area contributed by atoms with Crippen LogP contribution in [0.1, 0.15) is 6.42 Å². The second-order valence-corrected chi connectivity index (χ2v) is 1.16. The summed E-state index contributed by atoms with van der Waals surface area (Å²) in [6, 6.07) is 0. The van der Waals surface area contributed by atoms with Crippen LogP contribution < -0.4 is 0 Å². The predicted octanol–water partition coefficient (Wildman–Crippen LogP) is 0.816. The topological polar surface area (TPSA) is 9.23 Å². The van der Waals surface area contributed by atoms with Gasteiger partial charge in [-0.15, -0.1) is 12.3 Å². The second kappa shape index (κ2) is 4.95. The average molecular weight is 102 g/mol. The molecule has 0 aliphatic heterocycles. The molecule has 0 amide bonds. The summed E-state index contributed by atoms with van der Waals surface area (Å²) in [5.41, 5.74) is 0. The lowest BCUT2D eigenvalue weighted by molar-refractivity contribution is 0.384.